The first kappa shape index (κ1) is 15.0. The van der Waals surface area contributed by atoms with E-state index in [1.165, 1.54) is 4.90 Å². The fourth-order valence-corrected chi connectivity index (χ4v) is 3.27. The molecule has 2 aliphatic rings. The van der Waals surface area contributed by atoms with Crippen LogP contribution < -0.4 is 4.90 Å². The van der Waals surface area contributed by atoms with Crippen LogP contribution in [0.4, 0.5) is 5.69 Å². The van der Waals surface area contributed by atoms with Crippen LogP contribution in [0.3, 0.4) is 0 Å². The van der Waals surface area contributed by atoms with Gasteiger partial charge in [-0.2, -0.15) is 0 Å². The zero-order chi connectivity index (χ0) is 16.1. The van der Waals surface area contributed by atoms with E-state index in [1.54, 1.807) is 39.2 Å². The van der Waals surface area contributed by atoms with Gasteiger partial charge in [-0.15, -0.1) is 0 Å². The molecule has 0 atom stereocenters. The van der Waals surface area contributed by atoms with Crippen LogP contribution >= 0.6 is 0 Å². The number of aliphatic hydroxyl groups excluding tert-OH is 1. The summed E-state index contributed by atoms with van der Waals surface area (Å²) in [6.45, 7) is 5.25. The van der Waals surface area contributed by atoms with E-state index in [0.717, 1.165) is 5.56 Å². The van der Waals surface area contributed by atoms with Crippen LogP contribution in [-0.4, -0.2) is 40.2 Å². The molecule has 0 aromatic carbocycles. The molecule has 1 aromatic heterocycles. The fourth-order valence-electron chi connectivity index (χ4n) is 3.27. The fraction of sp³-hybridized carbons (Fsp3) is 0.562. The molecule has 3 rings (SSSR count). The van der Waals surface area contributed by atoms with Crippen LogP contribution in [0.1, 0.15) is 39.2 Å². The first-order chi connectivity index (χ1) is 10.2. The number of hydrogen-bond acceptors (Lipinski definition) is 5. The number of aliphatic hydroxyl groups is 1. The van der Waals surface area contributed by atoms with Crippen molar-refractivity contribution in [2.45, 2.75) is 50.7 Å². The van der Waals surface area contributed by atoms with Gasteiger partial charge in [0.25, 0.3) is 0 Å². The molecule has 1 amide bonds. The summed E-state index contributed by atoms with van der Waals surface area (Å²) >= 11 is 0. The van der Waals surface area contributed by atoms with Gasteiger partial charge >= 0.3 is 5.97 Å². The summed E-state index contributed by atoms with van der Waals surface area (Å²) in [6, 6.07) is 1.73. The molecule has 1 aliphatic heterocycles. The Labute approximate surface area is 129 Å². The van der Waals surface area contributed by atoms with Crippen molar-refractivity contribution < 1.29 is 19.4 Å². The quantitative estimate of drug-likeness (QED) is 0.829. The lowest BCUT2D eigenvalue weighted by Crippen LogP contribution is -2.52. The molecule has 1 saturated carbocycles. The second-order valence-corrected chi connectivity index (χ2v) is 7.01. The van der Waals surface area contributed by atoms with Gasteiger partial charge in [0.05, 0.1) is 17.2 Å². The highest BCUT2D eigenvalue weighted by molar-refractivity contribution is 6.10. The SMILES string of the molecule is CC(C)(C)OC(=O)CN1C(=O)C2(CC(O)C2)c2cnccc21. The van der Waals surface area contributed by atoms with Crippen LogP contribution in [0.5, 0.6) is 0 Å². The molecule has 6 nitrogen and oxygen atoms in total. The van der Waals surface area contributed by atoms with E-state index >= 15 is 0 Å². The Morgan fingerprint density at radius 2 is 2.18 bits per heavy atom. The highest BCUT2D eigenvalue weighted by atomic mass is 16.6. The monoisotopic (exact) mass is 304 g/mol. The lowest BCUT2D eigenvalue weighted by Gasteiger charge is -2.40. The maximum atomic E-state index is 12.8. The Morgan fingerprint density at radius 3 is 2.77 bits per heavy atom. The Kier molecular flexibility index (Phi) is 3.25. The number of anilines is 1. The van der Waals surface area contributed by atoms with Crippen molar-refractivity contribution in [2.24, 2.45) is 0 Å². The predicted octanol–water partition coefficient (Wildman–Crippen LogP) is 1.16. The van der Waals surface area contributed by atoms with Crippen molar-refractivity contribution in [3.8, 4) is 0 Å². The summed E-state index contributed by atoms with van der Waals surface area (Å²) in [5.41, 5.74) is 0.183. The molecule has 0 radical (unpaired) electrons. The van der Waals surface area contributed by atoms with Crippen LogP contribution in [0.25, 0.3) is 0 Å². The van der Waals surface area contributed by atoms with E-state index in [1.807, 2.05) is 0 Å². The van der Waals surface area contributed by atoms with Crippen LogP contribution in [-0.2, 0) is 19.7 Å². The first-order valence-electron chi connectivity index (χ1n) is 7.39. The van der Waals surface area contributed by atoms with Crippen molar-refractivity contribution in [3.05, 3.63) is 24.0 Å². The lowest BCUT2D eigenvalue weighted by atomic mass is 9.64. The molecule has 1 aliphatic carbocycles. The molecular formula is C16H20N2O4. The number of ether oxygens (including phenoxy) is 1. The summed E-state index contributed by atoms with van der Waals surface area (Å²) in [5, 5.41) is 9.66. The Bertz CT molecular complexity index is 629. The van der Waals surface area contributed by atoms with Gasteiger partial charge in [-0.3, -0.25) is 19.5 Å². The topological polar surface area (TPSA) is 79.7 Å². The van der Waals surface area contributed by atoms with Gasteiger partial charge in [-0.1, -0.05) is 0 Å². The first-order valence-corrected chi connectivity index (χ1v) is 7.39. The van der Waals surface area contributed by atoms with Gasteiger partial charge in [0, 0.05) is 18.0 Å². The van der Waals surface area contributed by atoms with Gasteiger partial charge in [-0.05, 0) is 39.7 Å². The lowest BCUT2D eigenvalue weighted by molar-refractivity contribution is -0.154. The predicted molar refractivity (Wildman–Crippen MR) is 79.4 cm³/mol. The molecule has 1 fully saturated rings. The van der Waals surface area contributed by atoms with Crippen LogP contribution in [0.2, 0.25) is 0 Å². The van der Waals surface area contributed by atoms with Crippen molar-refractivity contribution in [1.29, 1.82) is 0 Å². The molecule has 0 bridgehead atoms. The summed E-state index contributed by atoms with van der Waals surface area (Å²) in [5.74, 6) is -0.591. The normalized spacial score (nSPS) is 26.8. The Hall–Kier alpha value is -1.95. The summed E-state index contributed by atoms with van der Waals surface area (Å²) in [7, 11) is 0. The smallest absolute Gasteiger partial charge is 0.326 e. The van der Waals surface area contributed by atoms with Crippen molar-refractivity contribution in [2.75, 3.05) is 11.4 Å². The molecule has 118 valence electrons. The third-order valence-electron chi connectivity index (χ3n) is 4.13. The zero-order valence-electron chi connectivity index (χ0n) is 13.0. The second-order valence-electron chi connectivity index (χ2n) is 7.01. The van der Waals surface area contributed by atoms with E-state index < -0.39 is 23.1 Å². The minimum Gasteiger partial charge on any atom is -0.459 e. The van der Waals surface area contributed by atoms with E-state index in [-0.39, 0.29) is 12.5 Å². The average molecular weight is 304 g/mol. The molecule has 2 heterocycles. The molecule has 0 unspecified atom stereocenters. The maximum Gasteiger partial charge on any atom is 0.326 e. The number of hydrogen-bond donors (Lipinski definition) is 1. The number of carbonyl (C=O) groups excluding carboxylic acids is 2. The van der Waals surface area contributed by atoms with Crippen molar-refractivity contribution >= 4 is 17.6 Å². The Morgan fingerprint density at radius 1 is 1.50 bits per heavy atom. The summed E-state index contributed by atoms with van der Waals surface area (Å²) < 4.78 is 5.31. The molecule has 1 aromatic rings. The standard InChI is InChI=1S/C16H20N2O4/c1-15(2,3)22-13(20)9-18-12-4-5-17-8-11(12)16(14(18)21)6-10(19)7-16/h4-5,8,10,19H,6-7,9H2,1-3H3. The summed E-state index contributed by atoms with van der Waals surface area (Å²) in [4.78, 5) is 30.4. The van der Waals surface area contributed by atoms with Gasteiger partial charge in [0.2, 0.25) is 5.91 Å². The van der Waals surface area contributed by atoms with E-state index in [4.69, 9.17) is 4.74 Å². The van der Waals surface area contributed by atoms with E-state index in [9.17, 15) is 14.7 Å². The van der Waals surface area contributed by atoms with Gasteiger partial charge in [0.15, 0.2) is 0 Å². The number of fused-ring (bicyclic) bond motifs is 2. The molecule has 1 spiro atoms. The number of carbonyl (C=O) groups is 2. The van der Waals surface area contributed by atoms with Crippen molar-refractivity contribution in [1.82, 2.24) is 4.98 Å². The van der Waals surface area contributed by atoms with Gasteiger partial charge < -0.3 is 9.84 Å². The van der Waals surface area contributed by atoms with E-state index in [2.05, 4.69) is 4.98 Å². The number of aromatic nitrogens is 1. The number of esters is 1. The number of amides is 1. The third-order valence-corrected chi connectivity index (χ3v) is 4.13. The maximum absolute atomic E-state index is 12.8. The average Bonchev–Trinajstić information content (AvgIpc) is 2.60. The van der Waals surface area contributed by atoms with Gasteiger partial charge in [-0.25, -0.2) is 0 Å². The molecular weight excluding hydrogens is 284 g/mol. The zero-order valence-corrected chi connectivity index (χ0v) is 13.0. The van der Waals surface area contributed by atoms with Crippen LogP contribution in [0, 0.1) is 0 Å². The van der Waals surface area contributed by atoms with Gasteiger partial charge in [0.1, 0.15) is 12.1 Å². The molecule has 6 heteroatoms. The number of nitrogens with zero attached hydrogens (tertiary/aromatic N) is 2. The minimum absolute atomic E-state index is 0.120. The highest BCUT2D eigenvalue weighted by Crippen LogP contribution is 2.53. The second kappa shape index (κ2) is 4.78. The summed E-state index contributed by atoms with van der Waals surface area (Å²) in [6.07, 6.45) is 3.56. The third kappa shape index (κ3) is 2.27. The largest absolute Gasteiger partial charge is 0.459 e. The minimum atomic E-state index is -0.717. The molecule has 1 N–H and O–H groups in total. The van der Waals surface area contributed by atoms with Crippen LogP contribution in [0.15, 0.2) is 18.5 Å². The van der Waals surface area contributed by atoms with E-state index in [0.29, 0.717) is 18.5 Å². The number of pyridine rings is 1. The molecule has 22 heavy (non-hydrogen) atoms. The highest BCUT2D eigenvalue weighted by Gasteiger charge is 2.58. The van der Waals surface area contributed by atoms with Crippen molar-refractivity contribution in [3.63, 3.8) is 0 Å². The molecule has 0 saturated heterocycles. The number of rotatable bonds is 2. The Balaban J connectivity index is 1.87.